The molecule has 0 aromatic rings. The molecule has 0 radical (unpaired) electrons. The Morgan fingerprint density at radius 3 is 2.16 bits per heavy atom. The van der Waals surface area contributed by atoms with Gasteiger partial charge in [0.25, 0.3) is 0 Å². The Labute approximate surface area is 111 Å². The van der Waals surface area contributed by atoms with Crippen molar-refractivity contribution in [2.45, 2.75) is 75.9 Å². The van der Waals surface area contributed by atoms with Gasteiger partial charge in [-0.2, -0.15) is 0 Å². The van der Waals surface area contributed by atoms with Crippen molar-refractivity contribution in [3.8, 4) is 0 Å². The second-order valence-corrected chi connectivity index (χ2v) is 5.26. The van der Waals surface area contributed by atoms with E-state index in [1.165, 1.54) is 0 Å². The van der Waals surface area contributed by atoms with Crippen molar-refractivity contribution in [1.82, 2.24) is 0 Å². The monoisotopic (exact) mass is 278 g/mol. The summed E-state index contributed by atoms with van der Waals surface area (Å²) in [5.74, 6) is 0. The largest absolute Gasteiger partial charge is 0.390 e. The number of ether oxygens (including phenoxy) is 3. The van der Waals surface area contributed by atoms with E-state index in [1.54, 1.807) is 13.8 Å². The summed E-state index contributed by atoms with van der Waals surface area (Å²) in [5.41, 5.74) is 0. The molecule has 7 nitrogen and oxygen atoms in total. The van der Waals surface area contributed by atoms with Crippen molar-refractivity contribution < 1.29 is 34.6 Å². The summed E-state index contributed by atoms with van der Waals surface area (Å²) in [6, 6.07) is 0. The van der Waals surface area contributed by atoms with E-state index in [1.807, 2.05) is 0 Å². The van der Waals surface area contributed by atoms with E-state index in [2.05, 4.69) is 0 Å². The summed E-state index contributed by atoms with van der Waals surface area (Å²) in [6.45, 7) is 3.33. The summed E-state index contributed by atoms with van der Waals surface area (Å²) in [4.78, 5) is 0. The van der Waals surface area contributed by atoms with Crippen LogP contribution in [0.4, 0.5) is 0 Å². The standard InChI is InChI=1S/C12H22O7/c1-5-11(16)7(13)4-10(18-5)19-12-6(2)17-9(15)3-8(12)14/h5-16H,3-4H2,1-2H3/t5-,6-,7-,8-,9+,10+,11-,12-/m1/s1. The molecule has 0 unspecified atom stereocenters. The molecule has 2 fully saturated rings. The predicted octanol–water partition coefficient (Wildman–Crippen LogP) is -1.28. The average Bonchev–Trinajstić information content (AvgIpc) is 2.30. The summed E-state index contributed by atoms with van der Waals surface area (Å²) in [7, 11) is 0. The van der Waals surface area contributed by atoms with Gasteiger partial charge >= 0.3 is 0 Å². The average molecular weight is 278 g/mol. The van der Waals surface area contributed by atoms with Gasteiger partial charge in [-0.3, -0.25) is 0 Å². The number of aliphatic hydroxyl groups excluding tert-OH is 4. The van der Waals surface area contributed by atoms with Crippen LogP contribution in [0.25, 0.3) is 0 Å². The molecule has 4 N–H and O–H groups in total. The SMILES string of the molecule is C[C@H]1O[C@@H](O[C@H]2[C@H](O)C[C@@H](O)O[C@@H]2C)C[C@@H](O)[C@@H]1O. The van der Waals surface area contributed by atoms with Crippen LogP contribution < -0.4 is 0 Å². The van der Waals surface area contributed by atoms with Gasteiger partial charge in [-0.15, -0.1) is 0 Å². The Kier molecular flexibility index (Phi) is 4.78. The molecule has 0 bridgehead atoms. The molecule has 0 aromatic carbocycles. The fraction of sp³-hybridized carbons (Fsp3) is 1.00. The Balaban J connectivity index is 1.93. The first kappa shape index (κ1) is 15.1. The molecule has 0 spiro atoms. The van der Waals surface area contributed by atoms with Crippen molar-refractivity contribution in [2.75, 3.05) is 0 Å². The van der Waals surface area contributed by atoms with Gasteiger partial charge in [0.15, 0.2) is 12.6 Å². The van der Waals surface area contributed by atoms with Gasteiger partial charge in [0.2, 0.25) is 0 Å². The Morgan fingerprint density at radius 1 is 0.895 bits per heavy atom. The van der Waals surface area contributed by atoms with Crippen LogP contribution in [0.1, 0.15) is 26.7 Å². The summed E-state index contributed by atoms with van der Waals surface area (Å²) in [5, 5.41) is 38.5. The lowest BCUT2D eigenvalue weighted by Gasteiger charge is -2.41. The Bertz CT molecular complexity index is 276. The third kappa shape index (κ3) is 3.43. The molecule has 7 heteroatoms. The third-order valence-electron chi connectivity index (χ3n) is 3.64. The lowest BCUT2D eigenvalue weighted by Crippen LogP contribution is -2.53. The zero-order valence-corrected chi connectivity index (χ0v) is 11.0. The molecule has 0 aliphatic carbocycles. The number of rotatable bonds is 2. The third-order valence-corrected chi connectivity index (χ3v) is 3.64. The maximum Gasteiger partial charge on any atom is 0.161 e. The molecule has 8 atom stereocenters. The highest BCUT2D eigenvalue weighted by atomic mass is 16.7. The highest BCUT2D eigenvalue weighted by Gasteiger charge is 2.41. The molecule has 2 aliphatic heterocycles. The van der Waals surface area contributed by atoms with Gasteiger partial charge in [0.05, 0.1) is 24.4 Å². The molecule has 0 saturated carbocycles. The van der Waals surface area contributed by atoms with Crippen LogP contribution in [-0.4, -0.2) is 69.6 Å². The summed E-state index contributed by atoms with van der Waals surface area (Å²) in [6.07, 6.45) is -5.89. The second-order valence-electron chi connectivity index (χ2n) is 5.26. The highest BCUT2D eigenvalue weighted by molar-refractivity contribution is 4.84. The maximum absolute atomic E-state index is 9.89. The highest BCUT2D eigenvalue weighted by Crippen LogP contribution is 2.27. The number of hydrogen-bond donors (Lipinski definition) is 4. The predicted molar refractivity (Wildman–Crippen MR) is 63.0 cm³/mol. The van der Waals surface area contributed by atoms with Gasteiger partial charge in [0.1, 0.15) is 12.2 Å². The van der Waals surface area contributed by atoms with Crippen molar-refractivity contribution in [3.63, 3.8) is 0 Å². The van der Waals surface area contributed by atoms with E-state index in [4.69, 9.17) is 14.2 Å². The first-order valence-corrected chi connectivity index (χ1v) is 6.57. The molecule has 2 rings (SSSR count). The summed E-state index contributed by atoms with van der Waals surface area (Å²) >= 11 is 0. The topological polar surface area (TPSA) is 109 Å². The van der Waals surface area contributed by atoms with Gasteiger partial charge < -0.3 is 34.6 Å². The number of aliphatic hydroxyl groups is 4. The molecule has 0 amide bonds. The van der Waals surface area contributed by atoms with E-state index < -0.39 is 49.2 Å². The van der Waals surface area contributed by atoms with Crippen molar-refractivity contribution >= 4 is 0 Å². The van der Waals surface area contributed by atoms with Gasteiger partial charge in [-0.25, -0.2) is 0 Å². The molecule has 2 heterocycles. The fourth-order valence-electron chi connectivity index (χ4n) is 2.52. The second kappa shape index (κ2) is 6.01. The normalized spacial score (nSPS) is 52.1. The smallest absolute Gasteiger partial charge is 0.161 e. The maximum atomic E-state index is 9.89. The molecule has 0 aromatic heterocycles. The van der Waals surface area contributed by atoms with E-state index in [-0.39, 0.29) is 12.8 Å². The minimum absolute atomic E-state index is 0.0719. The fourth-order valence-corrected chi connectivity index (χ4v) is 2.52. The molecule has 112 valence electrons. The Morgan fingerprint density at radius 2 is 1.58 bits per heavy atom. The van der Waals surface area contributed by atoms with Crippen LogP contribution in [0.5, 0.6) is 0 Å². The molecular formula is C12H22O7. The lowest BCUT2D eigenvalue weighted by atomic mass is 10.0. The van der Waals surface area contributed by atoms with Gasteiger partial charge in [-0.05, 0) is 13.8 Å². The Hall–Kier alpha value is -0.280. The van der Waals surface area contributed by atoms with E-state index >= 15 is 0 Å². The molecule has 19 heavy (non-hydrogen) atoms. The van der Waals surface area contributed by atoms with Crippen LogP contribution in [0, 0.1) is 0 Å². The lowest BCUT2D eigenvalue weighted by molar-refractivity contribution is -0.306. The first-order valence-electron chi connectivity index (χ1n) is 6.57. The van der Waals surface area contributed by atoms with Crippen molar-refractivity contribution in [1.29, 1.82) is 0 Å². The minimum Gasteiger partial charge on any atom is -0.390 e. The zero-order chi connectivity index (χ0) is 14.2. The van der Waals surface area contributed by atoms with Crippen LogP contribution in [0.3, 0.4) is 0 Å². The van der Waals surface area contributed by atoms with Crippen LogP contribution >= 0.6 is 0 Å². The van der Waals surface area contributed by atoms with Crippen LogP contribution in [-0.2, 0) is 14.2 Å². The molecule has 2 saturated heterocycles. The first-order chi connectivity index (χ1) is 8.88. The van der Waals surface area contributed by atoms with Crippen molar-refractivity contribution in [3.05, 3.63) is 0 Å². The van der Waals surface area contributed by atoms with Gasteiger partial charge in [-0.1, -0.05) is 0 Å². The quantitative estimate of drug-likeness (QED) is 0.498. The minimum atomic E-state index is -0.997. The number of hydrogen-bond acceptors (Lipinski definition) is 7. The van der Waals surface area contributed by atoms with Gasteiger partial charge in [0, 0.05) is 12.8 Å². The van der Waals surface area contributed by atoms with Crippen LogP contribution in [0.15, 0.2) is 0 Å². The van der Waals surface area contributed by atoms with E-state index in [0.717, 1.165) is 0 Å². The molecule has 2 aliphatic rings. The molecular weight excluding hydrogens is 256 g/mol. The summed E-state index contributed by atoms with van der Waals surface area (Å²) < 4.78 is 16.2. The van der Waals surface area contributed by atoms with E-state index in [9.17, 15) is 20.4 Å². The van der Waals surface area contributed by atoms with E-state index in [0.29, 0.717) is 0 Å². The van der Waals surface area contributed by atoms with Crippen molar-refractivity contribution in [2.24, 2.45) is 0 Å². The van der Waals surface area contributed by atoms with Crippen LogP contribution in [0.2, 0.25) is 0 Å². The zero-order valence-electron chi connectivity index (χ0n) is 11.0.